The van der Waals surface area contributed by atoms with E-state index in [2.05, 4.69) is 6.58 Å². The molecular weight excluding hydrogens is 167 g/mol. The highest BCUT2D eigenvalue weighted by atomic mass is 19.1. The van der Waals surface area contributed by atoms with E-state index in [1.54, 1.807) is 12.1 Å². The molecule has 2 heteroatoms. The zero-order valence-corrected chi connectivity index (χ0v) is 7.50. The fourth-order valence-electron chi connectivity index (χ4n) is 0.949. The van der Waals surface area contributed by atoms with Gasteiger partial charge < -0.3 is 4.74 Å². The summed E-state index contributed by atoms with van der Waals surface area (Å²) in [7, 11) is 0. The first kappa shape index (κ1) is 9.78. The molecule has 0 aliphatic carbocycles. The maximum absolute atomic E-state index is 12.5. The van der Waals surface area contributed by atoms with Crippen LogP contribution in [0.3, 0.4) is 0 Å². The Morgan fingerprint density at radius 1 is 1.31 bits per heavy atom. The Morgan fingerprint density at radius 2 is 2.00 bits per heavy atom. The van der Waals surface area contributed by atoms with Gasteiger partial charge in [-0.1, -0.05) is 6.08 Å². The van der Waals surface area contributed by atoms with Gasteiger partial charge in [-0.2, -0.15) is 0 Å². The number of hydrogen-bond donors (Lipinski definition) is 0. The number of ether oxygens (including phenoxy) is 1. The van der Waals surface area contributed by atoms with Gasteiger partial charge in [-0.25, -0.2) is 4.39 Å². The Kier molecular flexibility index (Phi) is 4.03. The minimum absolute atomic E-state index is 0.238. The van der Waals surface area contributed by atoms with Gasteiger partial charge in [0.2, 0.25) is 0 Å². The van der Waals surface area contributed by atoms with Crippen LogP contribution in [0.1, 0.15) is 12.8 Å². The second-order valence-corrected chi connectivity index (χ2v) is 2.73. The molecule has 0 aromatic heterocycles. The Morgan fingerprint density at radius 3 is 2.62 bits per heavy atom. The van der Waals surface area contributed by atoms with Crippen LogP contribution in [0.15, 0.2) is 36.9 Å². The Bertz CT molecular complexity index is 253. The molecule has 1 nitrogen and oxygen atoms in total. The van der Waals surface area contributed by atoms with Gasteiger partial charge in [0.25, 0.3) is 0 Å². The van der Waals surface area contributed by atoms with E-state index < -0.39 is 0 Å². The molecule has 0 aliphatic heterocycles. The van der Waals surface area contributed by atoms with Crippen molar-refractivity contribution in [3.63, 3.8) is 0 Å². The molecule has 0 amide bonds. The molecule has 0 saturated heterocycles. The van der Waals surface area contributed by atoms with Crippen LogP contribution in [0.5, 0.6) is 5.75 Å². The van der Waals surface area contributed by atoms with Crippen molar-refractivity contribution in [3.05, 3.63) is 42.7 Å². The molecule has 0 saturated carbocycles. The molecule has 0 bridgehead atoms. The zero-order chi connectivity index (χ0) is 9.52. The number of hydrogen-bond acceptors (Lipinski definition) is 1. The molecule has 0 unspecified atom stereocenters. The van der Waals surface area contributed by atoms with E-state index in [1.807, 2.05) is 6.08 Å². The zero-order valence-electron chi connectivity index (χ0n) is 7.50. The first-order valence-corrected chi connectivity index (χ1v) is 4.32. The van der Waals surface area contributed by atoms with Crippen LogP contribution >= 0.6 is 0 Å². The largest absolute Gasteiger partial charge is 0.494 e. The smallest absolute Gasteiger partial charge is 0.123 e. The molecule has 0 atom stereocenters. The van der Waals surface area contributed by atoms with Gasteiger partial charge in [0.15, 0.2) is 0 Å². The second-order valence-electron chi connectivity index (χ2n) is 2.73. The van der Waals surface area contributed by atoms with Crippen molar-refractivity contribution < 1.29 is 9.13 Å². The monoisotopic (exact) mass is 180 g/mol. The van der Waals surface area contributed by atoms with Gasteiger partial charge in [-0.05, 0) is 37.1 Å². The summed E-state index contributed by atoms with van der Waals surface area (Å²) in [4.78, 5) is 0. The topological polar surface area (TPSA) is 9.23 Å². The first-order chi connectivity index (χ1) is 6.33. The molecule has 0 N–H and O–H groups in total. The van der Waals surface area contributed by atoms with Crippen LogP contribution < -0.4 is 4.74 Å². The lowest BCUT2D eigenvalue weighted by Gasteiger charge is -2.03. The van der Waals surface area contributed by atoms with E-state index in [-0.39, 0.29) is 5.82 Å². The average Bonchev–Trinajstić information content (AvgIpc) is 2.15. The summed E-state index contributed by atoms with van der Waals surface area (Å²) in [5, 5.41) is 0. The summed E-state index contributed by atoms with van der Waals surface area (Å²) in [5.74, 6) is 0.476. The fourth-order valence-corrected chi connectivity index (χ4v) is 0.949. The highest BCUT2D eigenvalue weighted by Gasteiger charge is 1.93. The minimum Gasteiger partial charge on any atom is -0.494 e. The maximum atomic E-state index is 12.5. The van der Waals surface area contributed by atoms with Gasteiger partial charge in [-0.3, -0.25) is 0 Å². The predicted molar refractivity (Wildman–Crippen MR) is 51.3 cm³/mol. The van der Waals surface area contributed by atoms with Crippen LogP contribution in [0, 0.1) is 5.82 Å². The molecule has 0 radical (unpaired) electrons. The van der Waals surface area contributed by atoms with E-state index in [0.717, 1.165) is 12.8 Å². The van der Waals surface area contributed by atoms with Gasteiger partial charge in [0, 0.05) is 0 Å². The van der Waals surface area contributed by atoms with Crippen molar-refractivity contribution in [1.82, 2.24) is 0 Å². The highest BCUT2D eigenvalue weighted by Crippen LogP contribution is 2.11. The van der Waals surface area contributed by atoms with Crippen LogP contribution in [0.4, 0.5) is 4.39 Å². The molecule has 1 rings (SSSR count). The third-order valence-electron chi connectivity index (χ3n) is 1.63. The lowest BCUT2D eigenvalue weighted by atomic mass is 10.3. The Balaban J connectivity index is 2.28. The average molecular weight is 180 g/mol. The van der Waals surface area contributed by atoms with Gasteiger partial charge in [0.05, 0.1) is 6.61 Å². The predicted octanol–water partition coefficient (Wildman–Crippen LogP) is 3.17. The fraction of sp³-hybridized carbons (Fsp3) is 0.273. The molecule has 0 heterocycles. The summed E-state index contributed by atoms with van der Waals surface area (Å²) in [6, 6.07) is 6.04. The number of halogens is 1. The van der Waals surface area contributed by atoms with E-state index in [0.29, 0.717) is 12.4 Å². The third kappa shape index (κ3) is 3.74. The Hall–Kier alpha value is -1.31. The van der Waals surface area contributed by atoms with E-state index in [4.69, 9.17) is 4.74 Å². The van der Waals surface area contributed by atoms with Crippen molar-refractivity contribution in [3.8, 4) is 5.75 Å². The molecule has 13 heavy (non-hydrogen) atoms. The van der Waals surface area contributed by atoms with Crippen LogP contribution in [0.2, 0.25) is 0 Å². The maximum Gasteiger partial charge on any atom is 0.123 e. The quantitative estimate of drug-likeness (QED) is 0.499. The van der Waals surface area contributed by atoms with Crippen molar-refractivity contribution in [1.29, 1.82) is 0 Å². The minimum atomic E-state index is -0.238. The normalized spacial score (nSPS) is 9.62. The molecule has 1 aromatic carbocycles. The van der Waals surface area contributed by atoms with Gasteiger partial charge >= 0.3 is 0 Å². The number of allylic oxidation sites excluding steroid dienone is 1. The molecular formula is C11H13FO. The molecule has 0 aliphatic rings. The SMILES string of the molecule is C=CCCCOc1ccc(F)cc1. The molecule has 0 spiro atoms. The van der Waals surface area contributed by atoms with Gasteiger partial charge in [-0.15, -0.1) is 6.58 Å². The lowest BCUT2D eigenvalue weighted by Crippen LogP contribution is -1.96. The number of rotatable bonds is 5. The molecule has 0 fully saturated rings. The number of unbranched alkanes of at least 4 members (excludes halogenated alkanes) is 1. The molecule has 1 aromatic rings. The summed E-state index contributed by atoms with van der Waals surface area (Å²) in [5.41, 5.74) is 0. The van der Waals surface area contributed by atoms with Crippen molar-refractivity contribution >= 4 is 0 Å². The molecule has 70 valence electrons. The summed E-state index contributed by atoms with van der Waals surface area (Å²) in [6.07, 6.45) is 3.75. The number of benzene rings is 1. The van der Waals surface area contributed by atoms with E-state index >= 15 is 0 Å². The summed E-state index contributed by atoms with van der Waals surface area (Å²) >= 11 is 0. The van der Waals surface area contributed by atoms with E-state index in [1.165, 1.54) is 12.1 Å². The van der Waals surface area contributed by atoms with E-state index in [9.17, 15) is 4.39 Å². The van der Waals surface area contributed by atoms with Crippen molar-refractivity contribution in [2.75, 3.05) is 6.61 Å². The lowest BCUT2D eigenvalue weighted by molar-refractivity contribution is 0.311. The van der Waals surface area contributed by atoms with Crippen LogP contribution in [-0.2, 0) is 0 Å². The van der Waals surface area contributed by atoms with Crippen molar-refractivity contribution in [2.24, 2.45) is 0 Å². The summed E-state index contributed by atoms with van der Waals surface area (Å²) < 4.78 is 17.8. The Labute approximate surface area is 77.8 Å². The third-order valence-corrected chi connectivity index (χ3v) is 1.63. The van der Waals surface area contributed by atoms with Crippen LogP contribution in [0.25, 0.3) is 0 Å². The van der Waals surface area contributed by atoms with Crippen LogP contribution in [-0.4, -0.2) is 6.61 Å². The first-order valence-electron chi connectivity index (χ1n) is 4.32. The van der Waals surface area contributed by atoms with Crippen molar-refractivity contribution in [2.45, 2.75) is 12.8 Å². The second kappa shape index (κ2) is 5.36. The standard InChI is InChI=1S/C11H13FO/c1-2-3-4-9-13-11-7-5-10(12)6-8-11/h2,5-8H,1,3-4,9H2. The highest BCUT2D eigenvalue weighted by molar-refractivity contribution is 5.21. The summed E-state index contributed by atoms with van der Waals surface area (Å²) in [6.45, 7) is 4.26. The van der Waals surface area contributed by atoms with Gasteiger partial charge in [0.1, 0.15) is 11.6 Å².